The van der Waals surface area contributed by atoms with Crippen LogP contribution in [0.25, 0.3) is 5.57 Å². The van der Waals surface area contributed by atoms with Crippen LogP contribution in [-0.2, 0) is 6.42 Å². The molecule has 28 heavy (non-hydrogen) atoms. The summed E-state index contributed by atoms with van der Waals surface area (Å²) in [7, 11) is 0. The number of aryl methyl sites for hydroxylation is 1. The molecule has 0 fully saturated rings. The van der Waals surface area contributed by atoms with Crippen LogP contribution >= 0.6 is 11.3 Å². The van der Waals surface area contributed by atoms with Crippen molar-refractivity contribution in [2.24, 2.45) is 11.8 Å². The highest BCUT2D eigenvalue weighted by Crippen LogP contribution is 2.46. The number of nitrogens with zero attached hydrogens (tertiary/aromatic N) is 2. The highest BCUT2D eigenvalue weighted by molar-refractivity contribution is 7.13. The van der Waals surface area contributed by atoms with Crippen molar-refractivity contribution in [3.8, 4) is 12.1 Å². The number of fused-ring (bicyclic) bond motifs is 2. The van der Waals surface area contributed by atoms with Crippen molar-refractivity contribution in [1.82, 2.24) is 0 Å². The zero-order valence-corrected chi connectivity index (χ0v) is 17.3. The third-order valence-electron chi connectivity index (χ3n) is 6.35. The Balaban J connectivity index is 1.62. The predicted molar refractivity (Wildman–Crippen MR) is 115 cm³/mol. The summed E-state index contributed by atoms with van der Waals surface area (Å²) in [4.78, 5) is 2.94. The van der Waals surface area contributed by atoms with E-state index in [-0.39, 0.29) is 5.57 Å². The van der Waals surface area contributed by atoms with Crippen molar-refractivity contribution in [3.63, 3.8) is 0 Å². The molecule has 0 aliphatic heterocycles. The summed E-state index contributed by atoms with van der Waals surface area (Å²) in [5.74, 6) is 1.26. The first-order chi connectivity index (χ1) is 13.7. The molecule has 0 radical (unpaired) electrons. The summed E-state index contributed by atoms with van der Waals surface area (Å²) in [5, 5.41) is 18.4. The molecule has 0 N–H and O–H groups in total. The first kappa shape index (κ1) is 19.0. The maximum absolute atomic E-state index is 9.20. The van der Waals surface area contributed by atoms with E-state index in [0.29, 0.717) is 11.8 Å². The minimum atomic E-state index is 0.282. The van der Waals surface area contributed by atoms with Crippen LogP contribution in [0.4, 0.5) is 0 Å². The smallest absolute Gasteiger partial charge is 0.132 e. The fourth-order valence-corrected chi connectivity index (χ4v) is 5.83. The van der Waals surface area contributed by atoms with E-state index in [2.05, 4.69) is 49.4 Å². The number of thiophene rings is 1. The number of hydrogen-bond acceptors (Lipinski definition) is 3. The van der Waals surface area contributed by atoms with Crippen molar-refractivity contribution >= 4 is 16.9 Å². The van der Waals surface area contributed by atoms with Gasteiger partial charge in [0.05, 0.1) is 0 Å². The molecule has 2 atom stereocenters. The van der Waals surface area contributed by atoms with E-state index >= 15 is 0 Å². The molecule has 4 rings (SSSR count). The Kier molecular flexibility index (Phi) is 5.65. The Labute approximate surface area is 172 Å². The summed E-state index contributed by atoms with van der Waals surface area (Å²) in [6.07, 6.45) is 16.2. The van der Waals surface area contributed by atoms with Crippen molar-refractivity contribution in [3.05, 3.63) is 62.4 Å². The molecule has 0 amide bonds. The van der Waals surface area contributed by atoms with Gasteiger partial charge in [-0.3, -0.25) is 0 Å². The fraction of sp³-hybridized carbons (Fsp3) is 0.440. The number of nitriles is 2. The molecular formula is C25H26N2S. The van der Waals surface area contributed by atoms with E-state index in [1.165, 1.54) is 65.0 Å². The van der Waals surface area contributed by atoms with Gasteiger partial charge in [-0.15, -0.1) is 11.3 Å². The van der Waals surface area contributed by atoms with Crippen LogP contribution in [0.15, 0.2) is 52.7 Å². The third kappa shape index (κ3) is 3.78. The Morgan fingerprint density at radius 1 is 1.04 bits per heavy atom. The first-order valence-electron chi connectivity index (χ1n) is 10.5. The van der Waals surface area contributed by atoms with Gasteiger partial charge < -0.3 is 0 Å². The van der Waals surface area contributed by atoms with Gasteiger partial charge >= 0.3 is 0 Å². The lowest BCUT2D eigenvalue weighted by molar-refractivity contribution is 0.395. The summed E-state index contributed by atoms with van der Waals surface area (Å²) >= 11 is 1.96. The standard InChI is InChI=1S/C25H26N2S/c1-2-3-4-24-9-10-25(28-24)20-8-7-18-11-17-5-6-19(23(15-26)16-27)12-21(17)14-22(18)13-20/h9-10,12-14,17-18H,2-8,11H2,1H3. The van der Waals surface area contributed by atoms with E-state index in [1.807, 2.05) is 11.3 Å². The minimum Gasteiger partial charge on any atom is -0.192 e. The Morgan fingerprint density at radius 3 is 2.54 bits per heavy atom. The van der Waals surface area contributed by atoms with Gasteiger partial charge in [-0.05, 0) is 91.2 Å². The second-order valence-electron chi connectivity index (χ2n) is 8.16. The lowest BCUT2D eigenvalue weighted by atomic mass is 9.69. The summed E-state index contributed by atoms with van der Waals surface area (Å²) in [6.45, 7) is 2.25. The van der Waals surface area contributed by atoms with Crippen LogP contribution in [0.5, 0.6) is 0 Å². The summed E-state index contributed by atoms with van der Waals surface area (Å²) in [5.41, 5.74) is 5.46. The largest absolute Gasteiger partial charge is 0.192 e. The zero-order chi connectivity index (χ0) is 19.5. The van der Waals surface area contributed by atoms with Gasteiger partial charge in [0.15, 0.2) is 0 Å². The SMILES string of the molecule is CCCCc1ccc(C2=CC3=CC4=CC(=C(C#N)C#N)CCC4CC3CC2)s1. The highest BCUT2D eigenvalue weighted by Gasteiger charge is 2.31. The van der Waals surface area contributed by atoms with Crippen molar-refractivity contribution in [1.29, 1.82) is 10.5 Å². The average Bonchev–Trinajstić information content (AvgIpc) is 3.20. The number of allylic oxidation sites excluding steroid dienone is 8. The monoisotopic (exact) mass is 386 g/mol. The minimum absolute atomic E-state index is 0.282. The van der Waals surface area contributed by atoms with Gasteiger partial charge in [-0.2, -0.15) is 10.5 Å². The van der Waals surface area contributed by atoms with Crippen molar-refractivity contribution in [2.75, 3.05) is 0 Å². The fourth-order valence-electron chi connectivity index (χ4n) is 4.73. The van der Waals surface area contributed by atoms with Gasteiger partial charge in [-0.25, -0.2) is 0 Å². The molecule has 0 saturated heterocycles. The van der Waals surface area contributed by atoms with E-state index in [0.717, 1.165) is 18.4 Å². The van der Waals surface area contributed by atoms with Crippen molar-refractivity contribution < 1.29 is 0 Å². The van der Waals surface area contributed by atoms with Gasteiger partial charge in [0, 0.05) is 9.75 Å². The molecule has 2 unspecified atom stereocenters. The van der Waals surface area contributed by atoms with Crippen molar-refractivity contribution in [2.45, 2.75) is 58.3 Å². The quantitative estimate of drug-likeness (QED) is 0.529. The highest BCUT2D eigenvalue weighted by atomic mass is 32.1. The second-order valence-corrected chi connectivity index (χ2v) is 9.33. The molecule has 0 saturated carbocycles. The lowest BCUT2D eigenvalue weighted by Crippen LogP contribution is -2.22. The predicted octanol–water partition coefficient (Wildman–Crippen LogP) is 6.89. The first-order valence-corrected chi connectivity index (χ1v) is 11.3. The topological polar surface area (TPSA) is 47.6 Å². The zero-order valence-electron chi connectivity index (χ0n) is 16.5. The molecule has 0 aromatic carbocycles. The third-order valence-corrected chi connectivity index (χ3v) is 7.57. The molecule has 3 heteroatoms. The molecule has 3 aliphatic carbocycles. The van der Waals surface area contributed by atoms with E-state index in [1.54, 1.807) is 0 Å². The number of unbranched alkanes of at least 4 members (excludes halogenated alkanes) is 1. The van der Waals surface area contributed by atoms with Gasteiger partial charge in [-0.1, -0.05) is 31.6 Å². The molecular weight excluding hydrogens is 360 g/mol. The van der Waals surface area contributed by atoms with Crippen LogP contribution < -0.4 is 0 Å². The van der Waals surface area contributed by atoms with Crippen LogP contribution in [0.2, 0.25) is 0 Å². The Morgan fingerprint density at radius 2 is 1.79 bits per heavy atom. The van der Waals surface area contributed by atoms with Gasteiger partial charge in [0.2, 0.25) is 0 Å². The second kappa shape index (κ2) is 8.34. The van der Waals surface area contributed by atoms with Gasteiger partial charge in [0.25, 0.3) is 0 Å². The average molecular weight is 387 g/mol. The normalized spacial score (nSPS) is 23.4. The van der Waals surface area contributed by atoms with Gasteiger partial charge in [0.1, 0.15) is 17.7 Å². The molecule has 2 nitrogen and oxygen atoms in total. The molecule has 0 bridgehead atoms. The van der Waals surface area contributed by atoms with E-state index in [9.17, 15) is 10.5 Å². The maximum atomic E-state index is 9.20. The summed E-state index contributed by atoms with van der Waals surface area (Å²) in [6, 6.07) is 8.73. The van der Waals surface area contributed by atoms with E-state index < -0.39 is 0 Å². The number of hydrogen-bond donors (Lipinski definition) is 0. The van der Waals surface area contributed by atoms with E-state index in [4.69, 9.17) is 0 Å². The summed E-state index contributed by atoms with van der Waals surface area (Å²) < 4.78 is 0. The van der Waals surface area contributed by atoms with Crippen LogP contribution in [0, 0.1) is 34.5 Å². The Hall–Kier alpha value is -2.36. The lowest BCUT2D eigenvalue weighted by Gasteiger charge is -2.36. The molecule has 1 heterocycles. The molecule has 1 aromatic rings. The van der Waals surface area contributed by atoms with Crippen LogP contribution in [-0.4, -0.2) is 0 Å². The van der Waals surface area contributed by atoms with Crippen LogP contribution in [0.1, 0.15) is 61.6 Å². The molecule has 1 aromatic heterocycles. The number of rotatable bonds is 4. The Bertz CT molecular complexity index is 955. The molecule has 0 spiro atoms. The van der Waals surface area contributed by atoms with Crippen LogP contribution in [0.3, 0.4) is 0 Å². The maximum Gasteiger partial charge on any atom is 0.132 e. The molecule has 142 valence electrons. The molecule has 3 aliphatic rings.